The van der Waals surface area contributed by atoms with Gasteiger partial charge in [-0.15, -0.1) is 0 Å². The van der Waals surface area contributed by atoms with E-state index in [9.17, 15) is 4.79 Å². The first-order valence-corrected chi connectivity index (χ1v) is 10.3. The number of anilines is 1. The number of piperazine rings is 1. The summed E-state index contributed by atoms with van der Waals surface area (Å²) in [6.45, 7) is 11.7. The van der Waals surface area contributed by atoms with E-state index in [4.69, 9.17) is 4.42 Å². The van der Waals surface area contributed by atoms with Gasteiger partial charge in [-0.1, -0.05) is 0 Å². The molecule has 2 aromatic rings. The summed E-state index contributed by atoms with van der Waals surface area (Å²) in [5.41, 5.74) is 2.19. The number of nitrogens with zero attached hydrogens (tertiary/aromatic N) is 4. The monoisotopic (exact) mass is 382 g/mol. The molecule has 0 unspecified atom stereocenters. The minimum Gasteiger partial charge on any atom is -0.441 e. The molecule has 0 spiro atoms. The predicted octanol–water partition coefficient (Wildman–Crippen LogP) is 3.03. The number of amides is 1. The Bertz CT molecular complexity index is 806. The van der Waals surface area contributed by atoms with Crippen molar-refractivity contribution in [1.82, 2.24) is 14.8 Å². The van der Waals surface area contributed by atoms with Crippen molar-refractivity contribution < 1.29 is 9.21 Å². The van der Waals surface area contributed by atoms with Crippen molar-refractivity contribution in [1.29, 1.82) is 0 Å². The quantitative estimate of drug-likeness (QED) is 0.814. The Morgan fingerprint density at radius 3 is 2.43 bits per heavy atom. The second-order valence-electron chi connectivity index (χ2n) is 8.18. The average Bonchev–Trinajstić information content (AvgIpc) is 3.37. The van der Waals surface area contributed by atoms with Gasteiger partial charge in [0.15, 0.2) is 11.7 Å². The fourth-order valence-electron chi connectivity index (χ4n) is 4.24. The van der Waals surface area contributed by atoms with Gasteiger partial charge < -0.3 is 14.2 Å². The molecule has 6 heteroatoms. The van der Waals surface area contributed by atoms with Gasteiger partial charge in [-0.25, -0.2) is 4.98 Å². The molecule has 0 bridgehead atoms. The van der Waals surface area contributed by atoms with E-state index in [1.54, 1.807) is 6.20 Å². The lowest BCUT2D eigenvalue weighted by Gasteiger charge is -2.37. The fraction of sp³-hybridized carbons (Fsp3) is 0.545. The standard InChI is InChI=1S/C22H30N4O2/c1-16(2)24-10-12-25(13-11-24)22(27)19-8-9-26(15-19)20-6-4-18(5-7-20)21-14-23-17(3)28-21/h4-7,14,16,19H,8-13,15H2,1-3H3/t19-/m0/s1. The van der Waals surface area contributed by atoms with Crippen molar-refractivity contribution in [3.05, 3.63) is 36.4 Å². The lowest BCUT2D eigenvalue weighted by Crippen LogP contribution is -2.52. The first-order chi connectivity index (χ1) is 13.5. The third kappa shape index (κ3) is 3.92. The Morgan fingerprint density at radius 2 is 1.82 bits per heavy atom. The largest absolute Gasteiger partial charge is 0.441 e. The highest BCUT2D eigenvalue weighted by molar-refractivity contribution is 5.80. The summed E-state index contributed by atoms with van der Waals surface area (Å²) in [6, 6.07) is 8.91. The minimum absolute atomic E-state index is 0.113. The van der Waals surface area contributed by atoms with Crippen LogP contribution in [0.3, 0.4) is 0 Å². The Morgan fingerprint density at radius 1 is 1.11 bits per heavy atom. The first-order valence-electron chi connectivity index (χ1n) is 10.3. The number of hydrogen-bond acceptors (Lipinski definition) is 5. The number of carbonyl (C=O) groups is 1. The third-order valence-electron chi connectivity index (χ3n) is 6.03. The van der Waals surface area contributed by atoms with E-state index in [0.717, 1.165) is 57.0 Å². The number of aryl methyl sites for hydroxylation is 1. The molecule has 2 fully saturated rings. The van der Waals surface area contributed by atoms with Crippen molar-refractivity contribution in [3.63, 3.8) is 0 Å². The van der Waals surface area contributed by atoms with Crippen LogP contribution in [0.4, 0.5) is 5.69 Å². The van der Waals surface area contributed by atoms with Crippen molar-refractivity contribution in [2.45, 2.75) is 33.2 Å². The van der Waals surface area contributed by atoms with Crippen molar-refractivity contribution in [3.8, 4) is 11.3 Å². The van der Waals surface area contributed by atoms with Crippen LogP contribution in [0.1, 0.15) is 26.2 Å². The molecule has 2 aliphatic heterocycles. The molecule has 0 radical (unpaired) electrons. The summed E-state index contributed by atoms with van der Waals surface area (Å²) < 4.78 is 5.59. The molecule has 0 N–H and O–H groups in total. The summed E-state index contributed by atoms with van der Waals surface area (Å²) in [4.78, 5) is 24.0. The molecule has 4 rings (SSSR count). The van der Waals surface area contributed by atoms with Gasteiger partial charge in [0.05, 0.1) is 12.1 Å². The van der Waals surface area contributed by atoms with Crippen LogP contribution in [-0.4, -0.2) is 66.0 Å². The van der Waals surface area contributed by atoms with Crippen molar-refractivity contribution in [2.24, 2.45) is 5.92 Å². The molecule has 6 nitrogen and oxygen atoms in total. The highest BCUT2D eigenvalue weighted by atomic mass is 16.4. The van der Waals surface area contributed by atoms with Gasteiger partial charge in [0.1, 0.15) is 0 Å². The number of carbonyl (C=O) groups excluding carboxylic acids is 1. The molecule has 150 valence electrons. The molecule has 1 atom stereocenters. The van der Waals surface area contributed by atoms with Crippen LogP contribution in [0, 0.1) is 12.8 Å². The molecule has 2 saturated heterocycles. The highest BCUT2D eigenvalue weighted by Gasteiger charge is 2.33. The van der Waals surface area contributed by atoms with Crippen molar-refractivity contribution >= 4 is 11.6 Å². The van der Waals surface area contributed by atoms with Gasteiger partial charge >= 0.3 is 0 Å². The molecule has 3 heterocycles. The number of hydrogen-bond donors (Lipinski definition) is 0. The maximum absolute atomic E-state index is 13.0. The Labute approximate surface area is 167 Å². The molecule has 2 aliphatic rings. The van der Waals surface area contributed by atoms with Gasteiger partial charge in [0.25, 0.3) is 0 Å². The Hall–Kier alpha value is -2.34. The van der Waals surface area contributed by atoms with E-state index >= 15 is 0 Å². The highest BCUT2D eigenvalue weighted by Crippen LogP contribution is 2.28. The molecule has 0 saturated carbocycles. The lowest BCUT2D eigenvalue weighted by atomic mass is 10.1. The normalized spacial score (nSPS) is 20.9. The average molecular weight is 383 g/mol. The summed E-state index contributed by atoms with van der Waals surface area (Å²) in [5, 5.41) is 0. The van der Waals surface area contributed by atoms with Crippen molar-refractivity contribution in [2.75, 3.05) is 44.2 Å². The van der Waals surface area contributed by atoms with Crippen LogP contribution in [-0.2, 0) is 4.79 Å². The van der Waals surface area contributed by atoms with Crippen LogP contribution in [0.15, 0.2) is 34.9 Å². The van der Waals surface area contributed by atoms with Crippen LogP contribution in [0.2, 0.25) is 0 Å². The SMILES string of the molecule is Cc1ncc(-c2ccc(N3CC[C@H](C(=O)N4CCN(C(C)C)CC4)C3)cc2)o1. The topological polar surface area (TPSA) is 52.8 Å². The van der Waals surface area contributed by atoms with E-state index in [2.05, 4.69) is 57.8 Å². The minimum atomic E-state index is 0.113. The molecule has 1 aromatic heterocycles. The number of aromatic nitrogens is 1. The van der Waals surface area contributed by atoms with Gasteiger partial charge in [0, 0.05) is 63.5 Å². The summed E-state index contributed by atoms with van der Waals surface area (Å²) in [6.07, 6.45) is 2.69. The molecule has 1 aromatic carbocycles. The van der Waals surface area contributed by atoms with Crippen LogP contribution in [0.5, 0.6) is 0 Å². The van der Waals surface area contributed by atoms with Gasteiger partial charge in [-0.3, -0.25) is 9.69 Å². The number of oxazole rings is 1. The predicted molar refractivity (Wildman–Crippen MR) is 110 cm³/mol. The zero-order valence-corrected chi connectivity index (χ0v) is 17.1. The molecule has 1 amide bonds. The van der Waals surface area contributed by atoms with Gasteiger partial charge in [-0.05, 0) is 44.5 Å². The molecule has 0 aliphatic carbocycles. The third-order valence-corrected chi connectivity index (χ3v) is 6.03. The van der Waals surface area contributed by atoms with Gasteiger partial charge in [-0.2, -0.15) is 0 Å². The second kappa shape index (κ2) is 7.95. The van der Waals surface area contributed by atoms with E-state index in [0.29, 0.717) is 17.8 Å². The molecular weight excluding hydrogens is 352 g/mol. The van der Waals surface area contributed by atoms with E-state index < -0.39 is 0 Å². The number of rotatable bonds is 4. The maximum Gasteiger partial charge on any atom is 0.227 e. The number of benzene rings is 1. The van der Waals surface area contributed by atoms with E-state index in [1.807, 2.05) is 6.92 Å². The van der Waals surface area contributed by atoms with Crippen LogP contribution in [0.25, 0.3) is 11.3 Å². The van der Waals surface area contributed by atoms with Gasteiger partial charge in [0.2, 0.25) is 5.91 Å². The summed E-state index contributed by atoms with van der Waals surface area (Å²) in [5.74, 6) is 1.91. The van der Waals surface area contributed by atoms with E-state index in [-0.39, 0.29) is 5.92 Å². The molecule has 28 heavy (non-hydrogen) atoms. The lowest BCUT2D eigenvalue weighted by molar-refractivity contribution is -0.136. The van der Waals surface area contributed by atoms with Crippen LogP contribution >= 0.6 is 0 Å². The first kappa shape index (κ1) is 19.0. The maximum atomic E-state index is 13.0. The van der Waals surface area contributed by atoms with Crippen LogP contribution < -0.4 is 4.90 Å². The summed E-state index contributed by atoms with van der Waals surface area (Å²) >= 11 is 0. The zero-order chi connectivity index (χ0) is 19.7. The zero-order valence-electron chi connectivity index (χ0n) is 17.1. The Kier molecular flexibility index (Phi) is 5.40. The van der Waals surface area contributed by atoms with E-state index in [1.165, 1.54) is 5.69 Å². The molecular formula is C22H30N4O2. The fourth-order valence-corrected chi connectivity index (χ4v) is 4.24. The Balaban J connectivity index is 1.34. The second-order valence-corrected chi connectivity index (χ2v) is 8.18. The smallest absolute Gasteiger partial charge is 0.227 e. The summed E-state index contributed by atoms with van der Waals surface area (Å²) in [7, 11) is 0.